The zero-order valence-corrected chi connectivity index (χ0v) is 8.84. The van der Waals surface area contributed by atoms with Crippen molar-refractivity contribution >= 4 is 17.3 Å². The van der Waals surface area contributed by atoms with Crippen molar-refractivity contribution in [2.24, 2.45) is 5.73 Å². The molecule has 0 saturated heterocycles. The molecule has 0 radical (unpaired) electrons. The fraction of sp³-hybridized carbons (Fsp3) is 0.200. The number of nitriles is 1. The van der Waals surface area contributed by atoms with E-state index < -0.39 is 10.8 Å². The average Bonchev–Trinajstić information content (AvgIpc) is 2.29. The fourth-order valence-electron chi connectivity index (χ4n) is 1.20. The fourth-order valence-corrected chi connectivity index (χ4v) is 1.20. The molecule has 1 amide bonds. The molecule has 3 N–H and O–H groups in total. The maximum absolute atomic E-state index is 11.3. The number of rotatable bonds is 4. The van der Waals surface area contributed by atoms with E-state index in [9.17, 15) is 14.9 Å². The molecule has 0 unspecified atom stereocenters. The minimum absolute atomic E-state index is 0.0625. The minimum atomic E-state index is -0.654. The molecule has 17 heavy (non-hydrogen) atoms. The van der Waals surface area contributed by atoms with Crippen molar-refractivity contribution in [3.8, 4) is 6.07 Å². The number of hydrogen-bond acceptors (Lipinski definition) is 5. The smallest absolute Gasteiger partial charge is 0.294 e. The Labute approximate surface area is 97.0 Å². The summed E-state index contributed by atoms with van der Waals surface area (Å²) >= 11 is 0. The van der Waals surface area contributed by atoms with Crippen molar-refractivity contribution < 1.29 is 9.72 Å². The average molecular weight is 234 g/mol. The van der Waals surface area contributed by atoms with Crippen molar-refractivity contribution in [3.63, 3.8) is 0 Å². The second-order valence-electron chi connectivity index (χ2n) is 3.19. The number of benzene rings is 1. The highest BCUT2D eigenvalue weighted by atomic mass is 16.6. The molecule has 7 nitrogen and oxygen atoms in total. The quantitative estimate of drug-likeness (QED) is 0.588. The summed E-state index contributed by atoms with van der Waals surface area (Å²) in [5.74, 6) is -0.402. The van der Waals surface area contributed by atoms with Crippen LogP contribution in [-0.4, -0.2) is 17.4 Å². The van der Waals surface area contributed by atoms with E-state index in [-0.39, 0.29) is 29.9 Å². The Balaban J connectivity index is 3.03. The number of nitrogens with two attached hydrogens (primary N) is 1. The first kappa shape index (κ1) is 12.6. The first-order chi connectivity index (χ1) is 8.08. The van der Waals surface area contributed by atoms with Gasteiger partial charge in [-0.05, 0) is 12.1 Å². The van der Waals surface area contributed by atoms with Crippen LogP contribution in [0.3, 0.4) is 0 Å². The van der Waals surface area contributed by atoms with Crippen molar-refractivity contribution in [1.29, 1.82) is 5.26 Å². The van der Waals surface area contributed by atoms with Gasteiger partial charge in [0.05, 0.1) is 16.6 Å². The molecule has 1 rings (SSSR count). The predicted octanol–water partition coefficient (Wildman–Crippen LogP) is 0.754. The summed E-state index contributed by atoms with van der Waals surface area (Å²) in [7, 11) is 0. The van der Waals surface area contributed by atoms with Crippen LogP contribution in [0.1, 0.15) is 12.0 Å². The molecule has 0 aliphatic carbocycles. The minimum Gasteiger partial charge on any atom is -0.330 e. The van der Waals surface area contributed by atoms with Crippen molar-refractivity contribution in [2.75, 3.05) is 11.9 Å². The third-order valence-corrected chi connectivity index (χ3v) is 1.97. The molecule has 7 heteroatoms. The van der Waals surface area contributed by atoms with Crippen LogP contribution in [0, 0.1) is 21.4 Å². The lowest BCUT2D eigenvalue weighted by Crippen LogP contribution is -2.16. The van der Waals surface area contributed by atoms with E-state index in [1.54, 1.807) is 6.07 Å². The number of amides is 1. The summed E-state index contributed by atoms with van der Waals surface area (Å²) in [5.41, 5.74) is 5.10. The Kier molecular flexibility index (Phi) is 4.14. The van der Waals surface area contributed by atoms with E-state index in [1.165, 1.54) is 12.1 Å². The van der Waals surface area contributed by atoms with Crippen LogP contribution in [0.25, 0.3) is 0 Å². The number of hydrogen-bond donors (Lipinski definition) is 2. The topological polar surface area (TPSA) is 122 Å². The number of nitrogens with one attached hydrogen (secondary N) is 1. The van der Waals surface area contributed by atoms with Crippen LogP contribution in [0.2, 0.25) is 0 Å². The first-order valence-electron chi connectivity index (χ1n) is 4.77. The Morgan fingerprint density at radius 3 is 2.82 bits per heavy atom. The number of nitro groups is 1. The van der Waals surface area contributed by atoms with Gasteiger partial charge in [-0.3, -0.25) is 14.9 Å². The summed E-state index contributed by atoms with van der Waals surface area (Å²) in [6.07, 6.45) is 0.0805. The zero-order chi connectivity index (χ0) is 12.8. The van der Waals surface area contributed by atoms with Crippen LogP contribution >= 0.6 is 0 Å². The third-order valence-electron chi connectivity index (χ3n) is 1.97. The molecule has 0 aliphatic heterocycles. The molecule has 0 spiro atoms. The highest BCUT2D eigenvalue weighted by Gasteiger charge is 2.16. The van der Waals surface area contributed by atoms with Gasteiger partial charge in [0.2, 0.25) is 5.91 Å². The van der Waals surface area contributed by atoms with Gasteiger partial charge < -0.3 is 11.1 Å². The van der Waals surface area contributed by atoms with E-state index >= 15 is 0 Å². The van der Waals surface area contributed by atoms with Gasteiger partial charge in [0, 0.05) is 19.0 Å². The Morgan fingerprint density at radius 1 is 1.59 bits per heavy atom. The Morgan fingerprint density at radius 2 is 2.29 bits per heavy atom. The summed E-state index contributed by atoms with van der Waals surface area (Å²) in [5, 5.41) is 21.7. The molecule has 0 fully saturated rings. The van der Waals surface area contributed by atoms with Crippen molar-refractivity contribution in [3.05, 3.63) is 33.9 Å². The van der Waals surface area contributed by atoms with Gasteiger partial charge >= 0.3 is 0 Å². The molecule has 0 aromatic heterocycles. The molecule has 88 valence electrons. The van der Waals surface area contributed by atoms with Gasteiger partial charge in [0.15, 0.2) is 0 Å². The molecule has 0 aliphatic rings. The molecule has 1 aromatic rings. The van der Waals surface area contributed by atoms with Crippen LogP contribution in [0.4, 0.5) is 11.4 Å². The molecular weight excluding hydrogens is 224 g/mol. The predicted molar refractivity (Wildman–Crippen MR) is 60.1 cm³/mol. The van der Waals surface area contributed by atoms with Gasteiger partial charge in [-0.1, -0.05) is 0 Å². The number of nitrogens with zero attached hydrogens (tertiary/aromatic N) is 2. The highest BCUT2D eigenvalue weighted by Crippen LogP contribution is 2.25. The van der Waals surface area contributed by atoms with E-state index in [1.807, 2.05) is 0 Å². The van der Waals surface area contributed by atoms with E-state index in [4.69, 9.17) is 11.0 Å². The van der Waals surface area contributed by atoms with Crippen LogP contribution in [0.5, 0.6) is 0 Å². The molecule has 0 bridgehead atoms. The number of carbonyl (C=O) groups excluding carboxylic acids is 1. The number of anilines is 1. The summed E-state index contributed by atoms with van der Waals surface area (Å²) < 4.78 is 0. The standard InChI is InChI=1S/C10H10N4O3/c11-4-3-10(15)13-8-2-1-7(6-12)5-9(8)14(16)17/h1-2,5H,3-4,11H2,(H,13,15). The van der Waals surface area contributed by atoms with Crippen molar-refractivity contribution in [2.45, 2.75) is 6.42 Å². The summed E-state index contributed by atoms with van der Waals surface area (Å²) in [6, 6.07) is 5.62. The maximum atomic E-state index is 11.3. The molecule has 0 heterocycles. The Hall–Kier alpha value is -2.46. The van der Waals surface area contributed by atoms with Gasteiger partial charge in [-0.15, -0.1) is 0 Å². The van der Waals surface area contributed by atoms with Crippen LogP contribution in [0.15, 0.2) is 18.2 Å². The van der Waals surface area contributed by atoms with Gasteiger partial charge in [0.1, 0.15) is 5.69 Å². The largest absolute Gasteiger partial charge is 0.330 e. The van der Waals surface area contributed by atoms with E-state index in [2.05, 4.69) is 5.32 Å². The molecule has 0 atom stereocenters. The second-order valence-corrected chi connectivity index (χ2v) is 3.19. The third kappa shape index (κ3) is 3.25. The van der Waals surface area contributed by atoms with Gasteiger partial charge in [0.25, 0.3) is 5.69 Å². The molecule has 0 saturated carbocycles. The highest BCUT2D eigenvalue weighted by molar-refractivity contribution is 5.93. The molecule has 1 aromatic carbocycles. The SMILES string of the molecule is N#Cc1ccc(NC(=O)CCN)c([N+](=O)[O-])c1. The zero-order valence-electron chi connectivity index (χ0n) is 8.84. The van der Waals surface area contributed by atoms with Crippen LogP contribution in [-0.2, 0) is 4.79 Å². The first-order valence-corrected chi connectivity index (χ1v) is 4.77. The van der Waals surface area contributed by atoms with Gasteiger partial charge in [-0.2, -0.15) is 5.26 Å². The van der Waals surface area contributed by atoms with Crippen LogP contribution < -0.4 is 11.1 Å². The lowest BCUT2D eigenvalue weighted by Gasteiger charge is -2.05. The second kappa shape index (κ2) is 5.58. The monoisotopic (exact) mass is 234 g/mol. The lowest BCUT2D eigenvalue weighted by molar-refractivity contribution is -0.383. The number of nitro benzene ring substituents is 1. The van der Waals surface area contributed by atoms with E-state index in [0.717, 1.165) is 6.07 Å². The molecular formula is C10H10N4O3. The summed E-state index contributed by atoms with van der Waals surface area (Å²) in [6.45, 7) is 0.163. The number of carbonyl (C=O) groups is 1. The van der Waals surface area contributed by atoms with Crippen molar-refractivity contribution in [1.82, 2.24) is 0 Å². The maximum Gasteiger partial charge on any atom is 0.294 e. The Bertz CT molecular complexity index is 493. The van der Waals surface area contributed by atoms with Gasteiger partial charge in [-0.25, -0.2) is 0 Å². The lowest BCUT2D eigenvalue weighted by atomic mass is 10.2. The summed E-state index contributed by atoms with van der Waals surface area (Å²) in [4.78, 5) is 21.4. The van der Waals surface area contributed by atoms with E-state index in [0.29, 0.717) is 0 Å². The normalized spacial score (nSPS) is 9.41.